The average molecular weight is 186 g/mol. The minimum Gasteiger partial charge on any atom is -0.396 e. The lowest BCUT2D eigenvalue weighted by Crippen LogP contribution is -2.02. The third-order valence-electron chi connectivity index (χ3n) is 2.76. The van der Waals surface area contributed by atoms with Gasteiger partial charge < -0.3 is 5.11 Å². The summed E-state index contributed by atoms with van der Waals surface area (Å²) in [7, 11) is 0. The molecule has 0 bridgehead atoms. The zero-order chi connectivity index (χ0) is 10.1. The van der Waals surface area contributed by atoms with Crippen LogP contribution in [0.4, 0.5) is 0 Å². The molecule has 0 aliphatic heterocycles. The molecule has 0 radical (unpaired) electrons. The van der Waals surface area contributed by atoms with E-state index < -0.39 is 0 Å². The molecule has 0 spiro atoms. The first-order valence-corrected chi connectivity index (χ1v) is 5.81. The van der Waals surface area contributed by atoms with Crippen LogP contribution in [0, 0.1) is 11.8 Å². The van der Waals surface area contributed by atoms with Crippen molar-refractivity contribution in [3.05, 3.63) is 0 Å². The van der Waals surface area contributed by atoms with E-state index in [0.29, 0.717) is 12.5 Å². The normalized spacial score (nSPS) is 15.7. The summed E-state index contributed by atoms with van der Waals surface area (Å²) < 4.78 is 0. The topological polar surface area (TPSA) is 20.2 Å². The van der Waals surface area contributed by atoms with Crippen LogP contribution >= 0.6 is 0 Å². The van der Waals surface area contributed by atoms with Gasteiger partial charge in [0, 0.05) is 6.61 Å². The molecule has 0 aromatic rings. The van der Waals surface area contributed by atoms with Gasteiger partial charge in [-0.3, -0.25) is 0 Å². The van der Waals surface area contributed by atoms with Gasteiger partial charge in [-0.2, -0.15) is 0 Å². The van der Waals surface area contributed by atoms with Gasteiger partial charge in [-0.1, -0.05) is 52.9 Å². The van der Waals surface area contributed by atoms with E-state index in [9.17, 15) is 0 Å². The molecule has 0 amide bonds. The Labute approximate surface area is 83.5 Å². The van der Waals surface area contributed by atoms with Crippen LogP contribution in [0.15, 0.2) is 0 Å². The van der Waals surface area contributed by atoms with E-state index in [4.69, 9.17) is 5.11 Å². The van der Waals surface area contributed by atoms with Crippen LogP contribution in [0.5, 0.6) is 0 Å². The highest BCUT2D eigenvalue weighted by molar-refractivity contribution is 4.56. The summed E-state index contributed by atoms with van der Waals surface area (Å²) in [5.41, 5.74) is 0. The summed E-state index contributed by atoms with van der Waals surface area (Å²) in [4.78, 5) is 0. The molecular weight excluding hydrogens is 160 g/mol. The van der Waals surface area contributed by atoms with Crippen LogP contribution < -0.4 is 0 Å². The van der Waals surface area contributed by atoms with Crippen molar-refractivity contribution in [2.24, 2.45) is 11.8 Å². The second-order valence-corrected chi connectivity index (χ2v) is 4.47. The van der Waals surface area contributed by atoms with Gasteiger partial charge in [0.1, 0.15) is 0 Å². The Hall–Kier alpha value is -0.0400. The summed E-state index contributed by atoms with van der Waals surface area (Å²) in [6.45, 7) is 7.07. The average Bonchev–Trinajstić information content (AvgIpc) is 2.14. The molecule has 13 heavy (non-hydrogen) atoms. The van der Waals surface area contributed by atoms with Crippen LogP contribution in [-0.4, -0.2) is 11.7 Å². The van der Waals surface area contributed by atoms with Crippen LogP contribution in [0.2, 0.25) is 0 Å². The van der Waals surface area contributed by atoms with Crippen molar-refractivity contribution in [3.8, 4) is 0 Å². The number of aliphatic hydroxyl groups excluding tert-OH is 1. The molecule has 80 valence electrons. The number of hydrogen-bond donors (Lipinski definition) is 1. The molecule has 0 aliphatic carbocycles. The standard InChI is InChI=1S/C12H26O/c1-4-5-7-11(2)8-6-9-12(3)10-13/h11-13H,4-10H2,1-3H3/t11-,12+/m0/s1. The highest BCUT2D eigenvalue weighted by Gasteiger charge is 2.03. The molecular formula is C12H26O. The van der Waals surface area contributed by atoms with Gasteiger partial charge in [-0.15, -0.1) is 0 Å². The monoisotopic (exact) mass is 186 g/mol. The number of rotatable bonds is 8. The first-order chi connectivity index (χ1) is 6.20. The van der Waals surface area contributed by atoms with E-state index in [0.717, 1.165) is 5.92 Å². The highest BCUT2D eigenvalue weighted by Crippen LogP contribution is 2.17. The molecule has 0 rings (SSSR count). The lowest BCUT2D eigenvalue weighted by Gasteiger charge is -2.12. The van der Waals surface area contributed by atoms with E-state index in [-0.39, 0.29) is 0 Å². The van der Waals surface area contributed by atoms with Crippen molar-refractivity contribution in [1.29, 1.82) is 0 Å². The van der Waals surface area contributed by atoms with Gasteiger partial charge in [0.2, 0.25) is 0 Å². The lowest BCUT2D eigenvalue weighted by molar-refractivity contribution is 0.225. The molecule has 2 atom stereocenters. The fraction of sp³-hybridized carbons (Fsp3) is 1.00. The Kier molecular flexibility index (Phi) is 8.53. The van der Waals surface area contributed by atoms with Crippen molar-refractivity contribution in [1.82, 2.24) is 0 Å². The minimum atomic E-state index is 0.351. The number of hydrogen-bond acceptors (Lipinski definition) is 1. The van der Waals surface area contributed by atoms with Crippen LogP contribution in [0.1, 0.15) is 59.3 Å². The van der Waals surface area contributed by atoms with Crippen LogP contribution in [0.3, 0.4) is 0 Å². The molecule has 0 aromatic heterocycles. The molecule has 0 saturated heterocycles. The maximum Gasteiger partial charge on any atom is 0.0456 e. The third-order valence-corrected chi connectivity index (χ3v) is 2.76. The summed E-state index contributed by atoms with van der Waals surface area (Å²) in [6, 6.07) is 0. The fourth-order valence-corrected chi connectivity index (χ4v) is 1.60. The van der Waals surface area contributed by atoms with Crippen molar-refractivity contribution in [3.63, 3.8) is 0 Å². The van der Waals surface area contributed by atoms with E-state index >= 15 is 0 Å². The quantitative estimate of drug-likeness (QED) is 0.614. The maximum absolute atomic E-state index is 8.84. The zero-order valence-electron chi connectivity index (χ0n) is 9.55. The van der Waals surface area contributed by atoms with Crippen molar-refractivity contribution in [2.75, 3.05) is 6.61 Å². The molecule has 1 N–H and O–H groups in total. The molecule has 0 unspecified atom stereocenters. The molecule has 0 aliphatic rings. The van der Waals surface area contributed by atoms with Gasteiger partial charge in [-0.25, -0.2) is 0 Å². The summed E-state index contributed by atoms with van der Waals surface area (Å²) >= 11 is 0. The van der Waals surface area contributed by atoms with E-state index in [2.05, 4.69) is 20.8 Å². The molecule has 0 fully saturated rings. The molecule has 1 nitrogen and oxygen atoms in total. The molecule has 1 heteroatoms. The fourth-order valence-electron chi connectivity index (χ4n) is 1.60. The summed E-state index contributed by atoms with van der Waals surface area (Å²) in [5, 5.41) is 8.84. The van der Waals surface area contributed by atoms with Crippen LogP contribution in [0.25, 0.3) is 0 Å². The van der Waals surface area contributed by atoms with E-state index in [1.54, 1.807) is 0 Å². The van der Waals surface area contributed by atoms with Crippen molar-refractivity contribution in [2.45, 2.75) is 59.3 Å². The largest absolute Gasteiger partial charge is 0.396 e. The summed E-state index contributed by atoms with van der Waals surface area (Å²) in [5.74, 6) is 1.38. The van der Waals surface area contributed by atoms with Crippen molar-refractivity contribution >= 4 is 0 Å². The Morgan fingerprint density at radius 3 is 2.00 bits per heavy atom. The first kappa shape index (κ1) is 13.0. The van der Waals surface area contributed by atoms with Gasteiger partial charge in [0.15, 0.2) is 0 Å². The number of unbranched alkanes of at least 4 members (excludes halogenated alkanes) is 1. The minimum absolute atomic E-state index is 0.351. The van der Waals surface area contributed by atoms with E-state index in [1.165, 1.54) is 38.5 Å². The smallest absolute Gasteiger partial charge is 0.0456 e. The molecule has 0 aromatic carbocycles. The molecule has 0 saturated carbocycles. The Bertz CT molecular complexity index is 101. The lowest BCUT2D eigenvalue weighted by atomic mass is 9.95. The van der Waals surface area contributed by atoms with Gasteiger partial charge >= 0.3 is 0 Å². The zero-order valence-corrected chi connectivity index (χ0v) is 9.55. The predicted molar refractivity (Wildman–Crippen MR) is 58.8 cm³/mol. The second-order valence-electron chi connectivity index (χ2n) is 4.47. The van der Waals surface area contributed by atoms with Gasteiger partial charge in [0.25, 0.3) is 0 Å². The van der Waals surface area contributed by atoms with Crippen LogP contribution in [-0.2, 0) is 0 Å². The second kappa shape index (κ2) is 8.55. The maximum atomic E-state index is 8.84. The van der Waals surface area contributed by atoms with E-state index in [1.807, 2.05) is 0 Å². The number of aliphatic hydroxyl groups is 1. The van der Waals surface area contributed by atoms with Crippen molar-refractivity contribution < 1.29 is 5.11 Å². The summed E-state index contributed by atoms with van der Waals surface area (Å²) in [6.07, 6.45) is 7.88. The Morgan fingerprint density at radius 1 is 0.923 bits per heavy atom. The first-order valence-electron chi connectivity index (χ1n) is 5.81. The predicted octanol–water partition coefficient (Wildman–Crippen LogP) is 3.61. The van der Waals surface area contributed by atoms with Gasteiger partial charge in [0.05, 0.1) is 0 Å². The SMILES string of the molecule is CCCC[C@H](C)CCC[C@@H](C)CO. The Balaban J connectivity index is 3.21. The third kappa shape index (κ3) is 8.29. The van der Waals surface area contributed by atoms with Gasteiger partial charge in [-0.05, 0) is 18.3 Å². The highest BCUT2D eigenvalue weighted by atomic mass is 16.3. The molecule has 0 heterocycles. The Morgan fingerprint density at radius 2 is 1.46 bits per heavy atom.